The van der Waals surface area contributed by atoms with Crippen LogP contribution < -0.4 is 10.6 Å². The van der Waals surface area contributed by atoms with Gasteiger partial charge in [0.1, 0.15) is 0 Å². The zero-order valence-electron chi connectivity index (χ0n) is 14.3. The maximum absolute atomic E-state index is 12.6. The van der Waals surface area contributed by atoms with Crippen LogP contribution in [0.3, 0.4) is 0 Å². The molecule has 132 valence electrons. The van der Waals surface area contributed by atoms with Crippen molar-refractivity contribution in [3.63, 3.8) is 0 Å². The first-order chi connectivity index (χ1) is 13.2. The Bertz CT molecular complexity index is 1120. The second-order valence-corrected chi connectivity index (χ2v) is 8.02. The predicted molar refractivity (Wildman–Crippen MR) is 110 cm³/mol. The van der Waals surface area contributed by atoms with Crippen molar-refractivity contribution < 1.29 is 9.59 Å². The van der Waals surface area contributed by atoms with Gasteiger partial charge in [-0.3, -0.25) is 0 Å². The van der Waals surface area contributed by atoms with E-state index >= 15 is 0 Å². The van der Waals surface area contributed by atoms with Gasteiger partial charge >= 0.3 is 144 Å². The number of rotatable bonds is 4. The van der Waals surface area contributed by atoms with Crippen LogP contribution in [0.1, 0.15) is 19.6 Å². The van der Waals surface area contributed by atoms with Gasteiger partial charge in [0.25, 0.3) is 0 Å². The molecule has 0 radical (unpaired) electrons. The van der Waals surface area contributed by atoms with Gasteiger partial charge in [0, 0.05) is 0 Å². The van der Waals surface area contributed by atoms with Gasteiger partial charge in [-0.15, -0.1) is 0 Å². The van der Waals surface area contributed by atoms with E-state index < -0.39 is 0 Å². The van der Waals surface area contributed by atoms with E-state index in [4.69, 9.17) is 0 Å². The number of anilines is 2. The number of benzene rings is 3. The molecule has 0 spiro atoms. The average Bonchev–Trinajstić information content (AvgIpc) is 3.23. The monoisotopic (exact) mass is 420 g/mol. The second-order valence-electron chi connectivity index (χ2n) is 6.03. The summed E-state index contributed by atoms with van der Waals surface area (Å²) in [6.45, 7) is 0. The molecule has 1 aromatic heterocycles. The van der Waals surface area contributed by atoms with E-state index in [1.165, 1.54) is 0 Å². The molecule has 0 bridgehead atoms. The normalized spacial score (nSPS) is 10.5. The van der Waals surface area contributed by atoms with Gasteiger partial charge in [-0.25, -0.2) is 0 Å². The molecule has 5 heteroatoms. The Labute approximate surface area is 162 Å². The van der Waals surface area contributed by atoms with Crippen molar-refractivity contribution in [3.8, 4) is 0 Å². The number of fused-ring (bicyclic) bond motifs is 1. The number of carbonyl (C=O) groups excluding carboxylic acids is 2. The minimum atomic E-state index is -0.215. The number of hydrogen-bond acceptors (Lipinski definition) is 2. The van der Waals surface area contributed by atoms with Crippen molar-refractivity contribution in [1.82, 2.24) is 0 Å². The van der Waals surface area contributed by atoms with E-state index in [1.54, 1.807) is 24.3 Å². The van der Waals surface area contributed by atoms with Gasteiger partial charge in [-0.1, -0.05) is 18.2 Å². The molecule has 0 aliphatic rings. The Morgan fingerprint density at radius 2 is 1.44 bits per heavy atom. The Morgan fingerprint density at radius 1 is 0.667 bits per heavy atom. The second kappa shape index (κ2) is 7.62. The summed E-state index contributed by atoms with van der Waals surface area (Å²) in [7, 11) is 0. The van der Waals surface area contributed by atoms with E-state index in [9.17, 15) is 9.59 Å². The fraction of sp³-hybridized carbons (Fsp3) is 0. The summed E-state index contributed by atoms with van der Waals surface area (Å²) >= 11 is 0.0785. The van der Waals surface area contributed by atoms with Crippen LogP contribution in [-0.2, 0) is 0 Å². The fourth-order valence-electron chi connectivity index (χ4n) is 2.81. The molecule has 3 aromatic carbocycles. The van der Waals surface area contributed by atoms with Crippen molar-refractivity contribution in [3.05, 3.63) is 93.8 Å². The van der Waals surface area contributed by atoms with Gasteiger partial charge in [-0.2, -0.15) is 0 Å². The summed E-state index contributed by atoms with van der Waals surface area (Å²) in [5, 5.41) is 7.96. The van der Waals surface area contributed by atoms with Crippen molar-refractivity contribution in [1.29, 1.82) is 0 Å². The molecule has 0 saturated heterocycles. The standard InChI is InChI=1S/C22H16N2O2Se/c25-21(23-19-11-10-15-5-1-2-6-16(15)13-19)17-7-3-8-18(14-17)24-22(26)20-9-4-12-27-20/h1-14H,(H,23,25)(H,24,26). The quantitative estimate of drug-likeness (QED) is 0.482. The predicted octanol–water partition coefficient (Wildman–Crippen LogP) is 4.40. The summed E-state index contributed by atoms with van der Waals surface area (Å²) in [5.41, 5.74) is 1.83. The molecule has 4 aromatic rings. The third-order valence-electron chi connectivity index (χ3n) is 4.13. The topological polar surface area (TPSA) is 58.2 Å². The maximum atomic E-state index is 12.6. The number of amides is 2. The molecule has 0 aliphatic heterocycles. The molecule has 0 saturated carbocycles. The van der Waals surface area contributed by atoms with E-state index in [0.717, 1.165) is 20.9 Å². The molecule has 0 unspecified atom stereocenters. The first-order valence-electron chi connectivity index (χ1n) is 8.44. The summed E-state index contributed by atoms with van der Waals surface area (Å²) in [4.78, 5) is 26.8. The third-order valence-corrected chi connectivity index (χ3v) is 5.96. The first kappa shape index (κ1) is 17.3. The SMILES string of the molecule is O=C(Nc1ccc2ccccc2c1)c1cccc(NC(=O)c2ccc[se]2)c1. The Kier molecular flexibility index (Phi) is 4.88. The van der Waals surface area contributed by atoms with Gasteiger partial charge in [0.15, 0.2) is 0 Å². The van der Waals surface area contributed by atoms with Crippen LogP contribution in [-0.4, -0.2) is 26.3 Å². The van der Waals surface area contributed by atoms with Crippen LogP contribution >= 0.6 is 0 Å². The number of nitrogens with one attached hydrogen (secondary N) is 2. The fourth-order valence-corrected chi connectivity index (χ4v) is 4.11. The third kappa shape index (κ3) is 4.00. The van der Waals surface area contributed by atoms with E-state index in [0.29, 0.717) is 11.3 Å². The van der Waals surface area contributed by atoms with Crippen LogP contribution in [0.25, 0.3) is 10.8 Å². The van der Waals surface area contributed by atoms with Crippen LogP contribution in [0.2, 0.25) is 0 Å². The Morgan fingerprint density at radius 3 is 2.26 bits per heavy atom. The zero-order chi connectivity index (χ0) is 18.6. The van der Waals surface area contributed by atoms with Crippen molar-refractivity contribution in [2.45, 2.75) is 0 Å². The van der Waals surface area contributed by atoms with Crippen LogP contribution in [0.4, 0.5) is 11.4 Å². The molecule has 0 atom stereocenters. The average molecular weight is 419 g/mol. The van der Waals surface area contributed by atoms with E-state index in [1.807, 2.05) is 59.5 Å². The molecule has 4 rings (SSSR count). The first-order valence-corrected chi connectivity index (χ1v) is 10.3. The summed E-state index contributed by atoms with van der Waals surface area (Å²) < 4.78 is 0.772. The zero-order valence-corrected chi connectivity index (χ0v) is 16.0. The molecule has 2 amide bonds. The van der Waals surface area contributed by atoms with Crippen LogP contribution in [0, 0.1) is 0 Å². The van der Waals surface area contributed by atoms with Crippen molar-refractivity contribution in [2.75, 3.05) is 10.6 Å². The van der Waals surface area contributed by atoms with E-state index in [2.05, 4.69) is 10.6 Å². The summed E-state index contributed by atoms with van der Waals surface area (Å²) in [5.74, 6) is -0.334. The molecular weight excluding hydrogens is 403 g/mol. The van der Waals surface area contributed by atoms with E-state index in [-0.39, 0.29) is 26.3 Å². The number of hydrogen-bond donors (Lipinski definition) is 2. The number of carbonyl (C=O) groups is 2. The Balaban J connectivity index is 1.50. The molecule has 4 nitrogen and oxygen atoms in total. The molecule has 27 heavy (non-hydrogen) atoms. The molecule has 0 fully saturated rings. The molecule has 2 N–H and O–H groups in total. The van der Waals surface area contributed by atoms with Gasteiger partial charge in [0.05, 0.1) is 0 Å². The van der Waals surface area contributed by atoms with Crippen molar-refractivity contribution in [2.24, 2.45) is 0 Å². The minimum absolute atomic E-state index is 0.0785. The molecular formula is C22H16N2O2Se. The summed E-state index contributed by atoms with van der Waals surface area (Å²) in [6.07, 6.45) is 0. The van der Waals surface area contributed by atoms with Crippen LogP contribution in [0.5, 0.6) is 0 Å². The van der Waals surface area contributed by atoms with Gasteiger partial charge < -0.3 is 0 Å². The molecule has 1 heterocycles. The molecule has 0 aliphatic carbocycles. The van der Waals surface area contributed by atoms with Crippen molar-refractivity contribution >= 4 is 48.5 Å². The summed E-state index contributed by atoms with van der Waals surface area (Å²) in [6, 6.07) is 24.5. The van der Waals surface area contributed by atoms with Gasteiger partial charge in [-0.05, 0) is 0 Å². The van der Waals surface area contributed by atoms with Gasteiger partial charge in [0.2, 0.25) is 0 Å². The Hall–Kier alpha value is -3.14. The van der Waals surface area contributed by atoms with Crippen LogP contribution in [0.15, 0.2) is 83.8 Å².